The first-order valence-corrected chi connectivity index (χ1v) is 6.98. The molecule has 0 aliphatic carbocycles. The van der Waals surface area contributed by atoms with Gasteiger partial charge in [0, 0.05) is 12.1 Å². The van der Waals surface area contributed by atoms with Gasteiger partial charge in [0.15, 0.2) is 0 Å². The number of halogens is 1. The normalized spacial score (nSPS) is 18.1. The largest absolute Gasteiger partial charge is 0.464 e. The summed E-state index contributed by atoms with van der Waals surface area (Å²) in [4.78, 5) is 13.8. The first-order chi connectivity index (χ1) is 9.54. The fourth-order valence-electron chi connectivity index (χ4n) is 2.43. The third-order valence-electron chi connectivity index (χ3n) is 3.35. The van der Waals surface area contributed by atoms with E-state index in [-0.39, 0.29) is 11.0 Å². The molecular weight excluding hydrogens is 279 g/mol. The zero-order valence-electron chi connectivity index (χ0n) is 11.3. The summed E-state index contributed by atoms with van der Waals surface area (Å²) in [6.45, 7) is 2.72. The number of anilines is 1. The highest BCUT2D eigenvalue weighted by Gasteiger charge is 2.33. The van der Waals surface area contributed by atoms with E-state index in [0.717, 1.165) is 6.42 Å². The molecule has 1 aromatic rings. The van der Waals surface area contributed by atoms with Crippen LogP contribution in [0.5, 0.6) is 0 Å². The molecule has 0 spiro atoms. The molecule has 1 atom stereocenters. The van der Waals surface area contributed by atoms with Crippen molar-refractivity contribution < 1.29 is 13.9 Å². The smallest absolute Gasteiger partial charge is 0.328 e. The van der Waals surface area contributed by atoms with E-state index < -0.39 is 11.9 Å². The van der Waals surface area contributed by atoms with Crippen LogP contribution < -0.4 is 10.6 Å². The van der Waals surface area contributed by atoms with Crippen molar-refractivity contribution in [3.05, 3.63) is 29.6 Å². The van der Waals surface area contributed by atoms with Gasteiger partial charge in [-0.05, 0) is 38.0 Å². The second kappa shape index (κ2) is 6.17. The van der Waals surface area contributed by atoms with Crippen LogP contribution in [0.15, 0.2) is 18.2 Å². The molecule has 108 valence electrons. The van der Waals surface area contributed by atoms with E-state index in [0.29, 0.717) is 30.8 Å². The minimum absolute atomic E-state index is 0.152. The second-order valence-corrected chi connectivity index (χ2v) is 5.07. The Bertz CT molecular complexity index is 536. The zero-order valence-corrected chi connectivity index (χ0v) is 12.1. The molecule has 1 aliphatic heterocycles. The average Bonchev–Trinajstić information content (AvgIpc) is 2.87. The van der Waals surface area contributed by atoms with Gasteiger partial charge < -0.3 is 15.4 Å². The number of ether oxygens (including phenoxy) is 1. The van der Waals surface area contributed by atoms with Crippen molar-refractivity contribution in [1.29, 1.82) is 0 Å². The molecule has 1 fully saturated rings. The Balaban J connectivity index is 2.26. The molecule has 1 aliphatic rings. The molecule has 0 bridgehead atoms. The molecule has 20 heavy (non-hydrogen) atoms. The Morgan fingerprint density at radius 3 is 2.95 bits per heavy atom. The minimum Gasteiger partial charge on any atom is -0.464 e. The Kier molecular flexibility index (Phi) is 4.54. The number of rotatable bonds is 4. The highest BCUT2D eigenvalue weighted by molar-refractivity contribution is 7.80. The van der Waals surface area contributed by atoms with E-state index >= 15 is 0 Å². The van der Waals surface area contributed by atoms with Crippen molar-refractivity contribution in [1.82, 2.24) is 0 Å². The third kappa shape index (κ3) is 2.90. The number of hydrogen-bond donors (Lipinski definition) is 1. The molecule has 0 amide bonds. The molecule has 4 nitrogen and oxygen atoms in total. The van der Waals surface area contributed by atoms with Gasteiger partial charge in [-0.3, -0.25) is 0 Å². The summed E-state index contributed by atoms with van der Waals surface area (Å²) in [6, 6.07) is 4.17. The van der Waals surface area contributed by atoms with Gasteiger partial charge in [0.05, 0.1) is 12.3 Å². The van der Waals surface area contributed by atoms with Crippen molar-refractivity contribution in [2.45, 2.75) is 25.8 Å². The molecule has 2 N–H and O–H groups in total. The summed E-state index contributed by atoms with van der Waals surface area (Å²) < 4.78 is 19.2. The van der Waals surface area contributed by atoms with Crippen LogP contribution >= 0.6 is 12.2 Å². The SMILES string of the molecule is CCOC(=O)C1CCCN1c1ccc(C(N)=S)cc1F. The lowest BCUT2D eigenvalue weighted by Crippen LogP contribution is -2.37. The molecule has 1 heterocycles. The first kappa shape index (κ1) is 14.7. The molecule has 1 saturated heterocycles. The van der Waals surface area contributed by atoms with Crippen LogP contribution in [0.4, 0.5) is 10.1 Å². The number of esters is 1. The third-order valence-corrected chi connectivity index (χ3v) is 3.59. The summed E-state index contributed by atoms with van der Waals surface area (Å²) in [5.41, 5.74) is 6.35. The number of benzene rings is 1. The zero-order chi connectivity index (χ0) is 14.7. The Hall–Kier alpha value is -1.69. The summed E-state index contributed by atoms with van der Waals surface area (Å²) in [5, 5.41) is 0. The molecule has 6 heteroatoms. The number of nitrogens with two attached hydrogens (primary N) is 1. The van der Waals surface area contributed by atoms with Gasteiger partial charge in [0.1, 0.15) is 16.8 Å². The van der Waals surface area contributed by atoms with Gasteiger partial charge in [0.2, 0.25) is 0 Å². The van der Waals surface area contributed by atoms with Gasteiger partial charge in [-0.15, -0.1) is 0 Å². The predicted molar refractivity (Wildman–Crippen MR) is 79.3 cm³/mol. The summed E-state index contributed by atoms with van der Waals surface area (Å²) >= 11 is 4.82. The summed E-state index contributed by atoms with van der Waals surface area (Å²) in [6.07, 6.45) is 1.51. The van der Waals surface area contributed by atoms with Crippen molar-refractivity contribution >= 4 is 28.9 Å². The van der Waals surface area contributed by atoms with Crippen LogP contribution in [0.1, 0.15) is 25.3 Å². The molecule has 1 aromatic carbocycles. The highest BCUT2D eigenvalue weighted by Crippen LogP contribution is 2.29. The van der Waals surface area contributed by atoms with Gasteiger partial charge in [-0.25, -0.2) is 9.18 Å². The van der Waals surface area contributed by atoms with E-state index in [9.17, 15) is 9.18 Å². The van der Waals surface area contributed by atoms with E-state index in [1.54, 1.807) is 24.0 Å². The van der Waals surface area contributed by atoms with Crippen LogP contribution in [0.2, 0.25) is 0 Å². The van der Waals surface area contributed by atoms with E-state index in [1.165, 1.54) is 6.07 Å². The monoisotopic (exact) mass is 296 g/mol. The van der Waals surface area contributed by atoms with Gasteiger partial charge >= 0.3 is 5.97 Å². The maximum atomic E-state index is 14.2. The fraction of sp³-hybridized carbons (Fsp3) is 0.429. The van der Waals surface area contributed by atoms with Crippen LogP contribution in [0.3, 0.4) is 0 Å². The average molecular weight is 296 g/mol. The number of carbonyl (C=O) groups is 1. The summed E-state index contributed by atoms with van der Waals surface area (Å²) in [7, 11) is 0. The lowest BCUT2D eigenvalue weighted by atomic mass is 10.1. The van der Waals surface area contributed by atoms with Crippen LogP contribution in [-0.2, 0) is 9.53 Å². The molecule has 2 rings (SSSR count). The quantitative estimate of drug-likeness (QED) is 0.680. The Morgan fingerprint density at radius 2 is 2.35 bits per heavy atom. The van der Waals surface area contributed by atoms with E-state index in [2.05, 4.69) is 0 Å². The molecule has 0 radical (unpaired) electrons. The van der Waals surface area contributed by atoms with Crippen LogP contribution in [-0.4, -0.2) is 30.2 Å². The molecule has 0 saturated carbocycles. The lowest BCUT2D eigenvalue weighted by molar-refractivity contribution is -0.144. The summed E-state index contributed by atoms with van der Waals surface area (Å²) in [5.74, 6) is -0.727. The molecule has 0 aromatic heterocycles. The topological polar surface area (TPSA) is 55.6 Å². The van der Waals surface area contributed by atoms with E-state index in [4.69, 9.17) is 22.7 Å². The lowest BCUT2D eigenvalue weighted by Gasteiger charge is -2.25. The number of nitrogens with zero attached hydrogens (tertiary/aromatic N) is 1. The second-order valence-electron chi connectivity index (χ2n) is 4.63. The number of carbonyl (C=O) groups excluding carboxylic acids is 1. The Morgan fingerprint density at radius 1 is 1.60 bits per heavy atom. The molecular formula is C14H17FN2O2S. The maximum absolute atomic E-state index is 14.2. The van der Waals surface area contributed by atoms with Gasteiger partial charge in [0.25, 0.3) is 0 Å². The van der Waals surface area contributed by atoms with Gasteiger partial charge in [-0.1, -0.05) is 12.2 Å². The predicted octanol–water partition coefficient (Wildman–Crippen LogP) is 1.99. The van der Waals surface area contributed by atoms with Crippen molar-refractivity contribution in [3.63, 3.8) is 0 Å². The Labute approximate surface area is 122 Å². The number of thiocarbonyl (C=S) groups is 1. The molecule has 1 unspecified atom stereocenters. The standard InChI is InChI=1S/C14H17FN2O2S/c1-2-19-14(18)12-4-3-7-17(12)11-6-5-9(13(16)20)8-10(11)15/h5-6,8,12H,2-4,7H2,1H3,(H2,16,20). The van der Waals surface area contributed by atoms with Crippen molar-refractivity contribution in [3.8, 4) is 0 Å². The van der Waals surface area contributed by atoms with Gasteiger partial charge in [-0.2, -0.15) is 0 Å². The van der Waals surface area contributed by atoms with Crippen molar-refractivity contribution in [2.75, 3.05) is 18.1 Å². The fourth-order valence-corrected chi connectivity index (χ4v) is 2.56. The minimum atomic E-state index is -0.425. The first-order valence-electron chi connectivity index (χ1n) is 6.57. The highest BCUT2D eigenvalue weighted by atomic mass is 32.1. The van der Waals surface area contributed by atoms with Crippen LogP contribution in [0.25, 0.3) is 0 Å². The van der Waals surface area contributed by atoms with Crippen LogP contribution in [0, 0.1) is 5.82 Å². The maximum Gasteiger partial charge on any atom is 0.328 e. The van der Waals surface area contributed by atoms with Crippen molar-refractivity contribution in [2.24, 2.45) is 5.73 Å². The van der Waals surface area contributed by atoms with E-state index in [1.807, 2.05) is 0 Å². The number of hydrogen-bond acceptors (Lipinski definition) is 4.